The lowest BCUT2D eigenvalue weighted by molar-refractivity contribution is 0.148. The van der Waals surface area contributed by atoms with E-state index in [4.69, 9.17) is 14.8 Å². The average Bonchev–Trinajstić information content (AvgIpc) is 2.61. The van der Waals surface area contributed by atoms with Gasteiger partial charge in [-0.25, -0.2) is 9.59 Å². The number of rotatable bonds is 0. The number of fused-ring (bicyclic) bond motifs is 3. The number of nitrogens with zero attached hydrogens (tertiary/aromatic N) is 2. The number of nitrogens with two attached hydrogens (primary N) is 1. The van der Waals surface area contributed by atoms with Gasteiger partial charge in [-0.15, -0.1) is 0 Å². The van der Waals surface area contributed by atoms with Crippen molar-refractivity contribution in [3.05, 3.63) is 84.0 Å². The molecule has 0 spiro atoms. The quantitative estimate of drug-likeness (QED) is 0.450. The van der Waals surface area contributed by atoms with Crippen LogP contribution in [-0.2, 0) is 0 Å². The van der Waals surface area contributed by atoms with Crippen molar-refractivity contribution in [3.63, 3.8) is 0 Å². The smallest absolute Gasteiger partial charge is 0.366 e. The zero-order valence-electron chi connectivity index (χ0n) is 12.5. The van der Waals surface area contributed by atoms with Crippen molar-refractivity contribution in [2.45, 2.75) is 0 Å². The predicted molar refractivity (Wildman–Crippen MR) is 88.7 cm³/mol. The standard InChI is InChI=1S/C16H9N3O6/c17-11-7-3-6-10-12(11)14(21)19-18(13(10)20)24-15(22)8-4-1-2-5-9(8)16(23)25-19/h1-7H,17H2. The highest BCUT2D eigenvalue weighted by atomic mass is 16.6. The van der Waals surface area contributed by atoms with Crippen LogP contribution < -0.4 is 28.1 Å². The summed E-state index contributed by atoms with van der Waals surface area (Å²) in [6.07, 6.45) is 0. The van der Waals surface area contributed by atoms with Gasteiger partial charge in [0.2, 0.25) is 0 Å². The molecule has 0 aliphatic carbocycles. The molecule has 0 aliphatic heterocycles. The molecule has 0 saturated carbocycles. The van der Waals surface area contributed by atoms with Crippen LogP contribution in [0, 0.1) is 0 Å². The van der Waals surface area contributed by atoms with Crippen LogP contribution in [0.1, 0.15) is 0 Å². The summed E-state index contributed by atoms with van der Waals surface area (Å²) in [5.74, 6) is 0. The van der Waals surface area contributed by atoms with Crippen molar-refractivity contribution >= 4 is 27.2 Å². The third-order valence-electron chi connectivity index (χ3n) is 3.76. The second kappa shape index (κ2) is 5.06. The Morgan fingerprint density at radius 2 is 1.20 bits per heavy atom. The van der Waals surface area contributed by atoms with Crippen molar-refractivity contribution in [1.29, 1.82) is 0 Å². The van der Waals surface area contributed by atoms with Gasteiger partial charge in [-0.2, -0.15) is 0 Å². The minimum atomic E-state index is -0.989. The number of nitrogen functional groups attached to an aromatic ring is 1. The molecule has 0 bridgehead atoms. The minimum absolute atomic E-state index is 0.0281. The highest BCUT2D eigenvalue weighted by Gasteiger charge is 2.14. The summed E-state index contributed by atoms with van der Waals surface area (Å²) in [5, 5.41) is -0.398. The van der Waals surface area contributed by atoms with E-state index in [2.05, 4.69) is 0 Å². The summed E-state index contributed by atoms with van der Waals surface area (Å²) < 4.78 is 10.6. The van der Waals surface area contributed by atoms with Gasteiger partial charge in [0.15, 0.2) is 0 Å². The van der Waals surface area contributed by atoms with Gasteiger partial charge in [-0.05, 0) is 33.6 Å². The van der Waals surface area contributed by atoms with E-state index in [1.54, 1.807) is 0 Å². The molecule has 2 N–H and O–H groups in total. The molecule has 4 aromatic rings. The lowest BCUT2D eigenvalue weighted by Crippen LogP contribution is -2.32. The van der Waals surface area contributed by atoms with E-state index >= 15 is 0 Å². The van der Waals surface area contributed by atoms with Gasteiger partial charge in [0.1, 0.15) is 0 Å². The molecule has 0 radical (unpaired) electrons. The summed E-state index contributed by atoms with van der Waals surface area (Å²) in [4.78, 5) is 49.8. The third kappa shape index (κ3) is 2.02. The Bertz CT molecular complexity index is 1440. The van der Waals surface area contributed by atoms with Crippen LogP contribution in [0.3, 0.4) is 0 Å². The fourth-order valence-electron chi connectivity index (χ4n) is 2.60. The van der Waals surface area contributed by atoms with E-state index in [-0.39, 0.29) is 31.9 Å². The maximum Gasteiger partial charge on any atom is 0.366 e. The second-order valence-corrected chi connectivity index (χ2v) is 5.23. The van der Waals surface area contributed by atoms with Crippen LogP contribution in [-0.4, -0.2) is 9.38 Å². The van der Waals surface area contributed by atoms with Gasteiger partial charge >= 0.3 is 22.4 Å². The van der Waals surface area contributed by atoms with E-state index in [0.29, 0.717) is 4.69 Å². The normalized spacial score (nSPS) is 11.2. The lowest BCUT2D eigenvalue weighted by atomic mass is 10.1. The summed E-state index contributed by atoms with van der Waals surface area (Å²) >= 11 is 0. The predicted octanol–water partition coefficient (Wildman–Crippen LogP) is 0.116. The summed E-state index contributed by atoms with van der Waals surface area (Å²) in [7, 11) is 0. The Labute approximate surface area is 136 Å². The van der Waals surface area contributed by atoms with Crippen molar-refractivity contribution in [2.24, 2.45) is 0 Å². The molecule has 25 heavy (non-hydrogen) atoms. The van der Waals surface area contributed by atoms with Crippen molar-refractivity contribution in [2.75, 3.05) is 5.73 Å². The maximum atomic E-state index is 12.6. The molecule has 0 fully saturated rings. The van der Waals surface area contributed by atoms with Gasteiger partial charge in [-0.3, -0.25) is 9.59 Å². The molecule has 0 saturated heterocycles. The molecular weight excluding hydrogens is 330 g/mol. The lowest BCUT2D eigenvalue weighted by Gasteiger charge is -2.03. The molecular formula is C16H9N3O6. The van der Waals surface area contributed by atoms with Gasteiger partial charge < -0.3 is 14.8 Å². The monoisotopic (exact) mass is 339 g/mol. The van der Waals surface area contributed by atoms with E-state index in [0.717, 1.165) is 0 Å². The molecule has 124 valence electrons. The Morgan fingerprint density at radius 1 is 0.680 bits per heavy atom. The molecule has 0 aliphatic rings. The highest BCUT2D eigenvalue weighted by Crippen LogP contribution is 2.12. The molecule has 2 aromatic heterocycles. The number of hydrogen-bond acceptors (Lipinski definition) is 7. The number of aromatic nitrogens is 2. The second-order valence-electron chi connectivity index (χ2n) is 5.23. The first-order valence-corrected chi connectivity index (χ1v) is 7.10. The minimum Gasteiger partial charge on any atom is -0.398 e. The largest absolute Gasteiger partial charge is 0.398 e. The van der Waals surface area contributed by atoms with Gasteiger partial charge in [0.25, 0.3) is 0 Å². The van der Waals surface area contributed by atoms with Crippen LogP contribution in [0.4, 0.5) is 5.69 Å². The van der Waals surface area contributed by atoms with Crippen molar-refractivity contribution < 1.29 is 9.05 Å². The van der Waals surface area contributed by atoms with Gasteiger partial charge in [-0.1, -0.05) is 18.2 Å². The SMILES string of the molecule is Nc1cccc2c(=O)n3oc(=O)c4ccccc4c(=O)on3c(=O)c12. The first-order valence-electron chi connectivity index (χ1n) is 7.10. The summed E-state index contributed by atoms with van der Waals surface area (Å²) in [6, 6.07) is 9.97. The first-order chi connectivity index (χ1) is 12.0. The molecule has 0 unspecified atom stereocenters. The van der Waals surface area contributed by atoms with E-state index < -0.39 is 22.4 Å². The summed E-state index contributed by atoms with van der Waals surface area (Å²) in [5.41, 5.74) is 2.03. The van der Waals surface area contributed by atoms with Crippen molar-refractivity contribution in [3.8, 4) is 0 Å². The highest BCUT2D eigenvalue weighted by molar-refractivity contribution is 5.91. The topological polar surface area (TPSA) is 129 Å². The Balaban J connectivity index is 2.46. The Kier molecular flexibility index (Phi) is 2.98. The molecule has 0 amide bonds. The third-order valence-corrected chi connectivity index (χ3v) is 3.76. The molecule has 2 aromatic carbocycles. The van der Waals surface area contributed by atoms with Crippen LogP contribution in [0.15, 0.2) is 70.7 Å². The van der Waals surface area contributed by atoms with Crippen LogP contribution in [0.2, 0.25) is 0 Å². The van der Waals surface area contributed by atoms with E-state index in [9.17, 15) is 19.2 Å². The van der Waals surface area contributed by atoms with Crippen LogP contribution in [0.25, 0.3) is 21.5 Å². The first kappa shape index (κ1) is 14.7. The fourth-order valence-corrected chi connectivity index (χ4v) is 2.60. The Hall–Kier alpha value is -3.88. The molecule has 9 nitrogen and oxygen atoms in total. The average molecular weight is 339 g/mol. The zero-order valence-corrected chi connectivity index (χ0v) is 12.5. The van der Waals surface area contributed by atoms with Crippen LogP contribution >= 0.6 is 0 Å². The van der Waals surface area contributed by atoms with Crippen molar-refractivity contribution in [1.82, 2.24) is 9.38 Å². The zero-order chi connectivity index (χ0) is 17.7. The van der Waals surface area contributed by atoms with E-state index in [1.807, 2.05) is 0 Å². The van der Waals surface area contributed by atoms with Gasteiger partial charge in [0.05, 0.1) is 21.5 Å². The maximum absolute atomic E-state index is 12.6. The molecule has 4 rings (SSSR count). The summed E-state index contributed by atoms with van der Waals surface area (Å²) in [6.45, 7) is 0. The Morgan fingerprint density at radius 3 is 1.80 bits per heavy atom. The molecule has 9 heteroatoms. The number of anilines is 1. The van der Waals surface area contributed by atoms with Gasteiger partial charge in [0, 0.05) is 5.69 Å². The van der Waals surface area contributed by atoms with Crippen LogP contribution in [0.5, 0.6) is 0 Å². The molecule has 0 atom stereocenters. The molecule has 2 heterocycles. The number of hydrogen-bond donors (Lipinski definition) is 1. The number of benzene rings is 2. The fraction of sp³-hybridized carbons (Fsp3) is 0. The van der Waals surface area contributed by atoms with E-state index in [1.165, 1.54) is 42.5 Å².